The normalized spacial score (nSPS) is 12.5. The van der Waals surface area contributed by atoms with E-state index in [0.29, 0.717) is 4.47 Å². The molecule has 0 aliphatic carbocycles. The van der Waals surface area contributed by atoms with E-state index in [4.69, 9.17) is 0 Å². The Bertz CT molecular complexity index is 1410. The molecule has 3 aromatic carbocycles. The summed E-state index contributed by atoms with van der Waals surface area (Å²) in [6.07, 6.45) is 1.16. The van der Waals surface area contributed by atoms with Crippen molar-refractivity contribution in [3.63, 3.8) is 0 Å². The van der Waals surface area contributed by atoms with Crippen LogP contribution in [0.5, 0.6) is 0 Å². The molecule has 10 heteroatoms. The molecular formula is C29H33BrFN3O4S. The Hall–Kier alpha value is -3.24. The first-order valence-corrected chi connectivity index (χ1v) is 15.0. The summed E-state index contributed by atoms with van der Waals surface area (Å²) in [5, 5.41) is 2.93. The van der Waals surface area contributed by atoms with Gasteiger partial charge < -0.3 is 10.2 Å². The van der Waals surface area contributed by atoms with E-state index in [-0.39, 0.29) is 24.2 Å². The van der Waals surface area contributed by atoms with E-state index in [0.717, 1.165) is 16.1 Å². The molecule has 2 amide bonds. The van der Waals surface area contributed by atoms with Crippen LogP contribution in [-0.4, -0.2) is 49.5 Å². The maximum atomic E-state index is 14.8. The number of amides is 2. The van der Waals surface area contributed by atoms with Gasteiger partial charge in [0.15, 0.2) is 0 Å². The summed E-state index contributed by atoms with van der Waals surface area (Å²) >= 11 is 3.36. The van der Waals surface area contributed by atoms with Crippen LogP contribution in [0.25, 0.3) is 0 Å². The van der Waals surface area contributed by atoms with Gasteiger partial charge in [0, 0.05) is 28.5 Å². The van der Waals surface area contributed by atoms with Crippen molar-refractivity contribution in [2.24, 2.45) is 0 Å². The minimum absolute atomic E-state index is 0.150. The van der Waals surface area contributed by atoms with Gasteiger partial charge in [0.1, 0.15) is 18.4 Å². The molecule has 0 aromatic heterocycles. The standard InChI is InChI=1S/C29H33BrFN3O4S/c1-29(2,3)32-28(36)26(18-21-12-6-5-7-13-21)33(19-22-14-8-10-16-24(22)31)27(35)20-34(39(4,37)38)25-17-11-9-15-23(25)30/h5-17,26H,18-20H2,1-4H3,(H,32,36)/t26-/m1/s1. The highest BCUT2D eigenvalue weighted by atomic mass is 79.9. The van der Waals surface area contributed by atoms with Crippen LogP contribution in [0.4, 0.5) is 10.1 Å². The maximum Gasteiger partial charge on any atom is 0.244 e. The van der Waals surface area contributed by atoms with Gasteiger partial charge in [-0.05, 0) is 60.5 Å². The van der Waals surface area contributed by atoms with Gasteiger partial charge in [-0.25, -0.2) is 12.8 Å². The van der Waals surface area contributed by atoms with Crippen LogP contribution in [0, 0.1) is 5.82 Å². The summed E-state index contributed by atoms with van der Waals surface area (Å²) in [4.78, 5) is 28.9. The van der Waals surface area contributed by atoms with E-state index < -0.39 is 45.8 Å². The molecule has 0 unspecified atom stereocenters. The van der Waals surface area contributed by atoms with Gasteiger partial charge >= 0.3 is 0 Å². The lowest BCUT2D eigenvalue weighted by atomic mass is 10.0. The molecule has 3 rings (SSSR count). The number of hydrogen-bond donors (Lipinski definition) is 1. The monoisotopic (exact) mass is 617 g/mol. The number of nitrogens with one attached hydrogen (secondary N) is 1. The second kappa shape index (κ2) is 12.7. The quantitative estimate of drug-likeness (QED) is 0.350. The predicted molar refractivity (Wildman–Crippen MR) is 155 cm³/mol. The smallest absolute Gasteiger partial charge is 0.244 e. The number of rotatable bonds is 10. The van der Waals surface area contributed by atoms with Crippen LogP contribution in [-0.2, 0) is 32.6 Å². The van der Waals surface area contributed by atoms with Crippen LogP contribution in [0.1, 0.15) is 31.9 Å². The summed E-state index contributed by atoms with van der Waals surface area (Å²) in [6.45, 7) is 4.67. The largest absolute Gasteiger partial charge is 0.350 e. The zero-order chi connectivity index (χ0) is 28.8. The Kier molecular flexibility index (Phi) is 9.90. The molecule has 1 N–H and O–H groups in total. The summed E-state index contributed by atoms with van der Waals surface area (Å²) < 4.78 is 41.9. The maximum absolute atomic E-state index is 14.8. The third kappa shape index (κ3) is 8.63. The molecule has 7 nitrogen and oxygen atoms in total. The topological polar surface area (TPSA) is 86.8 Å². The van der Waals surface area contributed by atoms with Gasteiger partial charge in [0.25, 0.3) is 0 Å². The Morgan fingerprint density at radius 1 is 0.949 bits per heavy atom. The van der Waals surface area contributed by atoms with Crippen molar-refractivity contribution in [3.8, 4) is 0 Å². The highest BCUT2D eigenvalue weighted by molar-refractivity contribution is 9.10. The van der Waals surface area contributed by atoms with Crippen molar-refractivity contribution in [1.82, 2.24) is 10.2 Å². The average molecular weight is 619 g/mol. The van der Waals surface area contributed by atoms with Crippen molar-refractivity contribution in [3.05, 3.63) is 100 Å². The van der Waals surface area contributed by atoms with Crippen LogP contribution >= 0.6 is 15.9 Å². The fourth-order valence-electron chi connectivity index (χ4n) is 4.07. The molecule has 39 heavy (non-hydrogen) atoms. The van der Waals surface area contributed by atoms with Crippen molar-refractivity contribution in [2.75, 3.05) is 17.1 Å². The molecule has 208 valence electrons. The third-order valence-corrected chi connectivity index (χ3v) is 7.67. The lowest BCUT2D eigenvalue weighted by Crippen LogP contribution is -2.56. The molecule has 0 spiro atoms. The minimum atomic E-state index is -3.90. The lowest BCUT2D eigenvalue weighted by molar-refractivity contribution is -0.140. The van der Waals surface area contributed by atoms with Crippen molar-refractivity contribution in [1.29, 1.82) is 0 Å². The zero-order valence-corrected chi connectivity index (χ0v) is 24.8. The molecule has 1 atom stereocenters. The number of benzene rings is 3. The minimum Gasteiger partial charge on any atom is -0.350 e. The molecular weight excluding hydrogens is 585 g/mol. The Labute approximate surface area is 238 Å². The number of para-hydroxylation sites is 1. The van der Waals surface area contributed by atoms with E-state index in [1.54, 1.807) is 36.4 Å². The molecule has 0 aliphatic heterocycles. The second-order valence-corrected chi connectivity index (χ2v) is 13.0. The van der Waals surface area contributed by atoms with Crippen LogP contribution in [0.3, 0.4) is 0 Å². The first-order chi connectivity index (χ1) is 18.3. The van der Waals surface area contributed by atoms with Gasteiger partial charge in [-0.2, -0.15) is 0 Å². The Morgan fingerprint density at radius 2 is 1.54 bits per heavy atom. The highest BCUT2D eigenvalue weighted by Gasteiger charge is 2.35. The number of carbonyl (C=O) groups excluding carboxylic acids is 2. The Morgan fingerprint density at radius 3 is 2.13 bits per heavy atom. The number of sulfonamides is 1. The van der Waals surface area contributed by atoms with Gasteiger partial charge in [0.05, 0.1) is 11.9 Å². The number of anilines is 1. The highest BCUT2D eigenvalue weighted by Crippen LogP contribution is 2.28. The summed E-state index contributed by atoms with van der Waals surface area (Å²) in [7, 11) is -3.90. The van der Waals surface area contributed by atoms with Crippen molar-refractivity contribution >= 4 is 43.5 Å². The van der Waals surface area contributed by atoms with Gasteiger partial charge in [0.2, 0.25) is 21.8 Å². The number of carbonyl (C=O) groups is 2. The predicted octanol–water partition coefficient (Wildman–Crippen LogP) is 4.91. The molecule has 0 saturated carbocycles. The van der Waals surface area contributed by atoms with Gasteiger partial charge in [-0.3, -0.25) is 13.9 Å². The fourth-order valence-corrected chi connectivity index (χ4v) is 5.54. The first-order valence-electron chi connectivity index (χ1n) is 12.4. The van der Waals surface area contributed by atoms with E-state index in [1.165, 1.54) is 17.0 Å². The number of halogens is 2. The molecule has 3 aromatic rings. The SMILES string of the molecule is CC(C)(C)NC(=O)[C@@H](Cc1ccccc1)N(Cc1ccccc1F)C(=O)CN(c1ccccc1Br)S(C)(=O)=O. The van der Waals surface area contributed by atoms with Crippen molar-refractivity contribution in [2.45, 2.75) is 45.3 Å². The second-order valence-electron chi connectivity index (χ2n) is 10.3. The van der Waals surface area contributed by atoms with Crippen LogP contribution in [0.2, 0.25) is 0 Å². The van der Waals surface area contributed by atoms with Crippen molar-refractivity contribution < 1.29 is 22.4 Å². The molecule has 0 bridgehead atoms. The Balaban J connectivity index is 2.10. The summed E-state index contributed by atoms with van der Waals surface area (Å²) in [5.41, 5.74) is 0.674. The zero-order valence-electron chi connectivity index (χ0n) is 22.4. The summed E-state index contributed by atoms with van der Waals surface area (Å²) in [6, 6.07) is 20.8. The molecule has 0 saturated heterocycles. The molecule has 0 fully saturated rings. The molecule has 0 radical (unpaired) electrons. The molecule has 0 heterocycles. The first kappa shape index (κ1) is 30.3. The van der Waals surface area contributed by atoms with Crippen LogP contribution in [0.15, 0.2) is 83.3 Å². The number of nitrogens with zero attached hydrogens (tertiary/aromatic N) is 2. The molecule has 0 aliphatic rings. The fraction of sp³-hybridized carbons (Fsp3) is 0.310. The van der Waals surface area contributed by atoms with E-state index in [9.17, 15) is 22.4 Å². The number of hydrogen-bond acceptors (Lipinski definition) is 4. The van der Waals surface area contributed by atoms with Gasteiger partial charge in [-0.15, -0.1) is 0 Å². The van der Waals surface area contributed by atoms with Gasteiger partial charge in [-0.1, -0.05) is 60.7 Å². The van der Waals surface area contributed by atoms with E-state index >= 15 is 0 Å². The average Bonchev–Trinajstić information content (AvgIpc) is 2.85. The lowest BCUT2D eigenvalue weighted by Gasteiger charge is -2.35. The summed E-state index contributed by atoms with van der Waals surface area (Å²) in [5.74, 6) is -1.61. The van der Waals surface area contributed by atoms with Crippen LogP contribution < -0.4 is 9.62 Å². The third-order valence-electron chi connectivity index (χ3n) is 5.87. The van der Waals surface area contributed by atoms with E-state index in [2.05, 4.69) is 21.2 Å². The van der Waals surface area contributed by atoms with E-state index in [1.807, 2.05) is 51.1 Å².